The van der Waals surface area contributed by atoms with Gasteiger partial charge < -0.3 is 9.88 Å². The van der Waals surface area contributed by atoms with E-state index in [2.05, 4.69) is 17.2 Å². The van der Waals surface area contributed by atoms with Gasteiger partial charge in [-0.15, -0.1) is 0 Å². The number of hydrogen-bond acceptors (Lipinski definition) is 3. The third kappa shape index (κ3) is 1.89. The van der Waals surface area contributed by atoms with Crippen molar-refractivity contribution in [1.29, 1.82) is 0 Å². The SMILES string of the molecule is CCC1(C(=O)Cc2nccn2C)CCCN1. The summed E-state index contributed by atoms with van der Waals surface area (Å²) < 4.78 is 1.91. The van der Waals surface area contributed by atoms with Crippen molar-refractivity contribution in [3.63, 3.8) is 0 Å². The molecule has 16 heavy (non-hydrogen) atoms. The Morgan fingerprint density at radius 3 is 3.00 bits per heavy atom. The highest BCUT2D eigenvalue weighted by molar-refractivity contribution is 5.90. The van der Waals surface area contributed by atoms with Crippen LogP contribution in [0.25, 0.3) is 0 Å². The first-order valence-electron chi connectivity index (χ1n) is 5.92. The van der Waals surface area contributed by atoms with E-state index in [1.807, 2.05) is 17.8 Å². The summed E-state index contributed by atoms with van der Waals surface area (Å²) in [6.45, 7) is 3.04. The number of aryl methyl sites for hydroxylation is 1. The van der Waals surface area contributed by atoms with Crippen molar-refractivity contribution < 1.29 is 4.79 Å². The lowest BCUT2D eigenvalue weighted by Crippen LogP contribution is -2.48. The summed E-state index contributed by atoms with van der Waals surface area (Å²) in [6.07, 6.45) is 6.99. The maximum atomic E-state index is 12.3. The van der Waals surface area contributed by atoms with Crippen molar-refractivity contribution >= 4 is 5.78 Å². The van der Waals surface area contributed by atoms with Crippen LogP contribution in [0.1, 0.15) is 32.0 Å². The molecule has 88 valence electrons. The van der Waals surface area contributed by atoms with Gasteiger partial charge in [0.05, 0.1) is 12.0 Å². The topological polar surface area (TPSA) is 46.9 Å². The third-order valence-corrected chi connectivity index (χ3v) is 3.62. The number of Topliss-reactive ketones (excluding diaryl/α,β-unsaturated/α-hetero) is 1. The van der Waals surface area contributed by atoms with E-state index in [1.54, 1.807) is 6.20 Å². The minimum Gasteiger partial charge on any atom is -0.338 e. The molecule has 0 aromatic carbocycles. The number of ketones is 1. The molecule has 1 aliphatic heterocycles. The van der Waals surface area contributed by atoms with E-state index >= 15 is 0 Å². The Bertz CT molecular complexity index is 377. The van der Waals surface area contributed by atoms with Gasteiger partial charge in [-0.05, 0) is 25.8 Å². The maximum Gasteiger partial charge on any atom is 0.160 e. The summed E-state index contributed by atoms with van der Waals surface area (Å²) in [4.78, 5) is 16.5. The zero-order valence-corrected chi connectivity index (χ0v) is 9.99. The first kappa shape index (κ1) is 11.3. The highest BCUT2D eigenvalue weighted by Gasteiger charge is 2.38. The fourth-order valence-electron chi connectivity index (χ4n) is 2.42. The molecular weight excluding hydrogens is 202 g/mol. The Morgan fingerprint density at radius 2 is 2.50 bits per heavy atom. The summed E-state index contributed by atoms with van der Waals surface area (Å²) >= 11 is 0. The number of nitrogens with zero attached hydrogens (tertiary/aromatic N) is 2. The van der Waals surface area contributed by atoms with Crippen LogP contribution >= 0.6 is 0 Å². The van der Waals surface area contributed by atoms with Crippen LogP contribution in [0.5, 0.6) is 0 Å². The summed E-state index contributed by atoms with van der Waals surface area (Å²) in [5, 5.41) is 3.36. The second-order valence-electron chi connectivity index (χ2n) is 4.52. The highest BCUT2D eigenvalue weighted by atomic mass is 16.1. The number of aromatic nitrogens is 2. The van der Waals surface area contributed by atoms with Gasteiger partial charge in [0.25, 0.3) is 0 Å². The van der Waals surface area contributed by atoms with Crippen LogP contribution in [0.15, 0.2) is 12.4 Å². The van der Waals surface area contributed by atoms with Gasteiger partial charge in [0.15, 0.2) is 5.78 Å². The van der Waals surface area contributed by atoms with Gasteiger partial charge in [-0.1, -0.05) is 6.92 Å². The maximum absolute atomic E-state index is 12.3. The minimum atomic E-state index is -0.286. The standard InChI is InChI=1S/C12H19N3O/c1-3-12(5-4-6-14-12)10(16)9-11-13-7-8-15(11)2/h7-8,14H,3-6,9H2,1-2H3. The summed E-state index contributed by atoms with van der Waals surface area (Å²) in [5.74, 6) is 1.13. The molecule has 1 fully saturated rings. The Kier molecular flexibility index (Phi) is 3.10. The van der Waals surface area contributed by atoms with Crippen LogP contribution < -0.4 is 5.32 Å². The van der Waals surface area contributed by atoms with Crippen LogP contribution in [0.3, 0.4) is 0 Å². The fourth-order valence-corrected chi connectivity index (χ4v) is 2.42. The number of carbonyl (C=O) groups is 1. The number of nitrogens with one attached hydrogen (secondary N) is 1. The molecule has 1 atom stereocenters. The van der Waals surface area contributed by atoms with Crippen molar-refractivity contribution in [1.82, 2.24) is 14.9 Å². The van der Waals surface area contributed by atoms with Gasteiger partial charge >= 0.3 is 0 Å². The molecule has 1 N–H and O–H groups in total. The Balaban J connectivity index is 2.10. The van der Waals surface area contributed by atoms with E-state index in [-0.39, 0.29) is 11.3 Å². The lowest BCUT2D eigenvalue weighted by molar-refractivity contribution is -0.124. The molecule has 2 rings (SSSR count). The molecule has 1 aromatic rings. The average Bonchev–Trinajstić information content (AvgIpc) is 2.89. The lowest BCUT2D eigenvalue weighted by atomic mass is 9.87. The zero-order chi connectivity index (χ0) is 11.6. The second kappa shape index (κ2) is 4.37. The third-order valence-electron chi connectivity index (χ3n) is 3.62. The molecule has 0 spiro atoms. The van der Waals surface area contributed by atoms with Crippen molar-refractivity contribution in [3.05, 3.63) is 18.2 Å². The van der Waals surface area contributed by atoms with Gasteiger partial charge in [-0.25, -0.2) is 4.98 Å². The van der Waals surface area contributed by atoms with Crippen LogP contribution in [0.4, 0.5) is 0 Å². The number of hydrogen-bond donors (Lipinski definition) is 1. The number of carbonyl (C=O) groups excluding carboxylic acids is 1. The van der Waals surface area contributed by atoms with E-state index in [0.717, 1.165) is 31.6 Å². The van der Waals surface area contributed by atoms with E-state index in [4.69, 9.17) is 0 Å². The first-order chi connectivity index (χ1) is 7.68. The van der Waals surface area contributed by atoms with E-state index in [9.17, 15) is 4.79 Å². The molecular formula is C12H19N3O. The van der Waals surface area contributed by atoms with E-state index in [1.165, 1.54) is 0 Å². The quantitative estimate of drug-likeness (QED) is 0.827. The molecule has 1 aromatic heterocycles. The Labute approximate surface area is 96.1 Å². The molecule has 0 bridgehead atoms. The van der Waals surface area contributed by atoms with Gasteiger partial charge in [0, 0.05) is 19.4 Å². The summed E-state index contributed by atoms with van der Waals surface area (Å²) in [6, 6.07) is 0. The molecule has 1 saturated heterocycles. The molecule has 0 amide bonds. The summed E-state index contributed by atoms with van der Waals surface area (Å²) in [5.41, 5.74) is -0.286. The van der Waals surface area contributed by atoms with Gasteiger partial charge in [-0.2, -0.15) is 0 Å². The van der Waals surface area contributed by atoms with Crippen molar-refractivity contribution in [2.75, 3.05) is 6.54 Å². The van der Waals surface area contributed by atoms with E-state index in [0.29, 0.717) is 6.42 Å². The monoisotopic (exact) mass is 221 g/mol. The Hall–Kier alpha value is -1.16. The smallest absolute Gasteiger partial charge is 0.160 e. The van der Waals surface area contributed by atoms with Gasteiger partial charge in [0.2, 0.25) is 0 Å². The molecule has 0 radical (unpaired) electrons. The van der Waals surface area contributed by atoms with Crippen LogP contribution in [0, 0.1) is 0 Å². The minimum absolute atomic E-state index is 0.279. The second-order valence-corrected chi connectivity index (χ2v) is 4.52. The van der Waals surface area contributed by atoms with Gasteiger partial charge in [-0.3, -0.25) is 4.79 Å². The van der Waals surface area contributed by atoms with Gasteiger partial charge in [0.1, 0.15) is 5.82 Å². The van der Waals surface area contributed by atoms with Crippen LogP contribution in [-0.4, -0.2) is 27.4 Å². The summed E-state index contributed by atoms with van der Waals surface area (Å²) in [7, 11) is 1.93. The van der Waals surface area contributed by atoms with Crippen molar-refractivity contribution in [2.24, 2.45) is 7.05 Å². The first-order valence-corrected chi connectivity index (χ1v) is 5.92. The Morgan fingerprint density at radius 1 is 1.69 bits per heavy atom. The molecule has 1 aliphatic rings. The molecule has 1 unspecified atom stereocenters. The predicted molar refractivity (Wildman–Crippen MR) is 62.2 cm³/mol. The largest absolute Gasteiger partial charge is 0.338 e. The fraction of sp³-hybridized carbons (Fsp3) is 0.667. The highest BCUT2D eigenvalue weighted by Crippen LogP contribution is 2.25. The molecule has 0 aliphatic carbocycles. The molecule has 4 heteroatoms. The number of rotatable bonds is 4. The number of imidazole rings is 1. The molecule has 2 heterocycles. The predicted octanol–water partition coefficient (Wildman–Crippen LogP) is 1.06. The normalized spacial score (nSPS) is 24.9. The van der Waals surface area contributed by atoms with Crippen molar-refractivity contribution in [2.45, 2.75) is 38.1 Å². The molecule has 0 saturated carbocycles. The van der Waals surface area contributed by atoms with E-state index < -0.39 is 0 Å². The van der Waals surface area contributed by atoms with Crippen LogP contribution in [-0.2, 0) is 18.3 Å². The average molecular weight is 221 g/mol. The van der Waals surface area contributed by atoms with Crippen LogP contribution in [0.2, 0.25) is 0 Å². The van der Waals surface area contributed by atoms with Crippen molar-refractivity contribution in [3.8, 4) is 0 Å². The lowest BCUT2D eigenvalue weighted by Gasteiger charge is -2.26. The zero-order valence-electron chi connectivity index (χ0n) is 9.99. The molecule has 4 nitrogen and oxygen atoms in total.